The van der Waals surface area contributed by atoms with Gasteiger partial charge in [-0.15, -0.1) is 0 Å². The van der Waals surface area contributed by atoms with Crippen LogP contribution in [0.15, 0.2) is 42.5 Å². The lowest BCUT2D eigenvalue weighted by Crippen LogP contribution is -2.43. The molecule has 0 aromatic heterocycles. The van der Waals surface area contributed by atoms with Crippen LogP contribution < -0.4 is 20.3 Å². The lowest BCUT2D eigenvalue weighted by molar-refractivity contribution is -0.118. The highest BCUT2D eigenvalue weighted by Crippen LogP contribution is 2.29. The van der Waals surface area contributed by atoms with Crippen LogP contribution in [0.5, 0.6) is 5.75 Å². The fraction of sp³-hybridized carbons (Fsp3) is 0.462. The standard InChI is InChI=1S/C26H34N4O6S2/c1-16(2)38(35,36)29-21-14-18(5-8-22(21)31)23(32)15-27-19-9-11-30(12-10-19)20-6-3-17(4-7-20)13-24-25(33)28-26(34)37-24/h3-8,14,16,19,23-24,27,29,31-32H,9-13,15H2,1-2H3,(H,28,33,34)/t23-,24?/m0/s1. The SMILES string of the molecule is CC(C)S(=O)(=O)Nc1cc([C@@H](O)CNC2CCN(c3ccc(CC4SC(=O)NC4=O)cc3)CC2)ccc1O. The number of aromatic hydroxyl groups is 1. The van der Waals surface area contributed by atoms with Gasteiger partial charge in [0.25, 0.3) is 5.24 Å². The maximum Gasteiger partial charge on any atom is 0.286 e. The summed E-state index contributed by atoms with van der Waals surface area (Å²) in [6, 6.07) is 12.7. The van der Waals surface area contributed by atoms with Crippen molar-refractivity contribution in [3.05, 3.63) is 53.6 Å². The summed E-state index contributed by atoms with van der Waals surface area (Å²) < 4.78 is 26.7. The van der Waals surface area contributed by atoms with Crippen LogP contribution in [-0.4, -0.2) is 66.0 Å². The number of phenols is 1. The zero-order chi connectivity index (χ0) is 27.4. The Morgan fingerprint density at radius 3 is 2.39 bits per heavy atom. The number of carbonyl (C=O) groups is 2. The van der Waals surface area contributed by atoms with Gasteiger partial charge in [-0.3, -0.25) is 19.6 Å². The van der Waals surface area contributed by atoms with E-state index in [0.29, 0.717) is 18.5 Å². The number of anilines is 2. The highest BCUT2D eigenvalue weighted by Gasteiger charge is 2.31. The molecule has 4 rings (SSSR count). The molecule has 0 saturated carbocycles. The normalized spacial score (nSPS) is 19.6. The summed E-state index contributed by atoms with van der Waals surface area (Å²) in [4.78, 5) is 25.5. The van der Waals surface area contributed by atoms with Crippen molar-refractivity contribution in [3.63, 3.8) is 0 Å². The second-order valence-electron chi connectivity index (χ2n) is 9.91. The van der Waals surface area contributed by atoms with Crippen molar-refractivity contribution in [1.82, 2.24) is 10.6 Å². The van der Waals surface area contributed by atoms with Gasteiger partial charge in [0.15, 0.2) is 0 Å². The lowest BCUT2D eigenvalue weighted by atomic mass is 10.0. The molecule has 1 unspecified atom stereocenters. The molecule has 2 atom stereocenters. The number of phenolic OH excluding ortho intramolecular Hbond substituents is 1. The Morgan fingerprint density at radius 1 is 1.11 bits per heavy atom. The number of rotatable bonds is 10. The molecule has 0 radical (unpaired) electrons. The minimum Gasteiger partial charge on any atom is -0.506 e. The third kappa shape index (κ3) is 6.99. The van der Waals surface area contributed by atoms with Gasteiger partial charge in [0.2, 0.25) is 15.9 Å². The van der Waals surface area contributed by atoms with E-state index >= 15 is 0 Å². The van der Waals surface area contributed by atoms with Crippen LogP contribution in [0.1, 0.15) is 43.9 Å². The van der Waals surface area contributed by atoms with Gasteiger partial charge >= 0.3 is 0 Å². The van der Waals surface area contributed by atoms with Crippen molar-refractivity contribution in [3.8, 4) is 5.75 Å². The quantitative estimate of drug-likeness (QED) is 0.276. The summed E-state index contributed by atoms with van der Waals surface area (Å²) >= 11 is 1.04. The maximum absolute atomic E-state index is 12.2. The summed E-state index contributed by atoms with van der Waals surface area (Å²) in [5, 5.41) is 25.1. The number of hydrogen-bond acceptors (Lipinski definition) is 9. The third-order valence-electron chi connectivity index (χ3n) is 6.86. The fourth-order valence-corrected chi connectivity index (χ4v) is 6.00. The second kappa shape index (κ2) is 11.9. The summed E-state index contributed by atoms with van der Waals surface area (Å²) in [5.74, 6) is -0.429. The van der Waals surface area contributed by atoms with Crippen LogP contribution in [0.3, 0.4) is 0 Å². The Kier molecular flexibility index (Phi) is 8.86. The van der Waals surface area contributed by atoms with Gasteiger partial charge in [-0.1, -0.05) is 30.0 Å². The van der Waals surface area contributed by atoms with E-state index in [1.165, 1.54) is 12.1 Å². The Hall–Kier alpha value is -2.80. The van der Waals surface area contributed by atoms with E-state index in [1.807, 2.05) is 24.3 Å². The number of sulfonamides is 1. The Labute approximate surface area is 227 Å². The molecule has 10 nitrogen and oxygen atoms in total. The van der Waals surface area contributed by atoms with E-state index in [9.17, 15) is 28.2 Å². The number of carbonyl (C=O) groups excluding carboxylic acids is 2. The molecule has 38 heavy (non-hydrogen) atoms. The minimum atomic E-state index is -3.63. The average Bonchev–Trinajstić information content (AvgIpc) is 3.20. The minimum absolute atomic E-state index is 0.0494. The van der Waals surface area contributed by atoms with E-state index in [1.54, 1.807) is 19.9 Å². The molecule has 0 bridgehead atoms. The molecule has 2 aromatic rings. The van der Waals surface area contributed by atoms with Crippen LogP contribution in [0.25, 0.3) is 0 Å². The van der Waals surface area contributed by atoms with Crippen LogP contribution in [-0.2, 0) is 21.2 Å². The van der Waals surface area contributed by atoms with Crippen molar-refractivity contribution < 1.29 is 28.2 Å². The van der Waals surface area contributed by atoms with E-state index in [0.717, 1.165) is 48.9 Å². The molecule has 2 aliphatic heterocycles. The van der Waals surface area contributed by atoms with Crippen LogP contribution >= 0.6 is 11.8 Å². The molecule has 2 heterocycles. The van der Waals surface area contributed by atoms with E-state index in [4.69, 9.17) is 0 Å². The summed E-state index contributed by atoms with van der Waals surface area (Å²) in [5.41, 5.74) is 2.67. The Balaban J connectivity index is 1.25. The van der Waals surface area contributed by atoms with Gasteiger partial charge in [0.05, 0.1) is 22.3 Å². The van der Waals surface area contributed by atoms with Gasteiger partial charge in [-0.05, 0) is 68.5 Å². The molecule has 206 valence electrons. The van der Waals surface area contributed by atoms with Crippen molar-refractivity contribution >= 4 is 44.3 Å². The zero-order valence-corrected chi connectivity index (χ0v) is 23.0. The number of thioether (sulfide) groups is 1. The molecule has 2 amide bonds. The molecule has 12 heteroatoms. The Morgan fingerprint density at radius 2 is 1.79 bits per heavy atom. The number of benzene rings is 2. The number of nitrogens with one attached hydrogen (secondary N) is 3. The number of amides is 2. The van der Waals surface area contributed by atoms with Gasteiger partial charge in [0.1, 0.15) is 5.75 Å². The smallest absolute Gasteiger partial charge is 0.286 e. The first kappa shape index (κ1) is 28.2. The fourth-order valence-electron chi connectivity index (χ4n) is 4.44. The number of imide groups is 1. The summed E-state index contributed by atoms with van der Waals surface area (Å²) in [6.45, 7) is 5.09. The van der Waals surface area contributed by atoms with Crippen molar-refractivity contribution in [2.45, 2.75) is 55.8 Å². The summed E-state index contributed by atoms with van der Waals surface area (Å²) in [7, 11) is -3.63. The van der Waals surface area contributed by atoms with Gasteiger partial charge < -0.3 is 20.4 Å². The molecular formula is C26H34N4O6S2. The largest absolute Gasteiger partial charge is 0.506 e. The topological polar surface area (TPSA) is 148 Å². The van der Waals surface area contributed by atoms with Crippen LogP contribution in [0, 0.1) is 0 Å². The molecule has 5 N–H and O–H groups in total. The van der Waals surface area contributed by atoms with Crippen molar-refractivity contribution in [1.29, 1.82) is 0 Å². The van der Waals surface area contributed by atoms with Crippen LogP contribution in [0.2, 0.25) is 0 Å². The first-order chi connectivity index (χ1) is 18.0. The third-order valence-corrected chi connectivity index (χ3v) is 9.59. The Bertz CT molecular complexity index is 1260. The molecule has 2 aliphatic rings. The molecule has 0 spiro atoms. The number of nitrogens with zero attached hydrogens (tertiary/aromatic N) is 1. The average molecular weight is 563 g/mol. The monoisotopic (exact) mass is 562 g/mol. The zero-order valence-electron chi connectivity index (χ0n) is 21.4. The van der Waals surface area contributed by atoms with Crippen molar-refractivity contribution in [2.75, 3.05) is 29.3 Å². The number of aliphatic hydroxyl groups excluding tert-OH is 1. The lowest BCUT2D eigenvalue weighted by Gasteiger charge is -2.34. The van der Waals surface area contributed by atoms with E-state index in [-0.39, 0.29) is 33.9 Å². The first-order valence-corrected chi connectivity index (χ1v) is 15.1. The van der Waals surface area contributed by atoms with Gasteiger partial charge in [-0.25, -0.2) is 8.42 Å². The van der Waals surface area contributed by atoms with Crippen LogP contribution in [0.4, 0.5) is 16.2 Å². The summed E-state index contributed by atoms with van der Waals surface area (Å²) in [6.07, 6.45) is 1.44. The maximum atomic E-state index is 12.2. The number of piperidine rings is 1. The van der Waals surface area contributed by atoms with E-state index in [2.05, 4.69) is 20.3 Å². The van der Waals surface area contributed by atoms with Gasteiger partial charge in [0, 0.05) is 31.4 Å². The predicted octanol–water partition coefficient (Wildman–Crippen LogP) is 2.73. The first-order valence-electron chi connectivity index (χ1n) is 12.6. The number of aliphatic hydroxyl groups is 1. The number of hydrogen-bond donors (Lipinski definition) is 5. The highest BCUT2D eigenvalue weighted by molar-refractivity contribution is 8.15. The van der Waals surface area contributed by atoms with Gasteiger partial charge in [-0.2, -0.15) is 0 Å². The molecule has 2 fully saturated rings. The molecule has 2 aromatic carbocycles. The predicted molar refractivity (Wildman–Crippen MR) is 149 cm³/mol. The molecular weight excluding hydrogens is 528 g/mol. The molecule has 2 saturated heterocycles. The second-order valence-corrected chi connectivity index (χ2v) is 13.3. The highest BCUT2D eigenvalue weighted by atomic mass is 32.2. The van der Waals surface area contributed by atoms with E-state index < -0.39 is 21.4 Å². The molecule has 0 aliphatic carbocycles. The van der Waals surface area contributed by atoms with Crippen molar-refractivity contribution in [2.24, 2.45) is 0 Å².